The molecule has 0 amide bonds. The van der Waals surface area contributed by atoms with Crippen molar-refractivity contribution >= 4 is 12.6 Å². The standard InChI is InChI=1S/C15H23BN2O2/c1-10-11(6-7-12(18-10)15(17)8-9-15)16-19-13(2,3)14(4,5)20-16/h6-7H,8-9,17H2,1-5H3. The van der Waals surface area contributed by atoms with Gasteiger partial charge in [-0.25, -0.2) is 0 Å². The largest absolute Gasteiger partial charge is 0.496 e. The predicted octanol–water partition coefficient (Wildman–Crippen LogP) is 1.64. The lowest BCUT2D eigenvalue weighted by Crippen LogP contribution is -2.41. The van der Waals surface area contributed by atoms with E-state index in [1.165, 1.54) is 0 Å². The molecule has 2 heterocycles. The number of aromatic nitrogens is 1. The molecule has 2 aliphatic rings. The van der Waals surface area contributed by atoms with Crippen LogP contribution in [0.5, 0.6) is 0 Å². The number of nitrogens with zero attached hydrogens (tertiary/aromatic N) is 1. The van der Waals surface area contributed by atoms with Crippen molar-refractivity contribution in [2.45, 2.75) is 64.2 Å². The molecule has 108 valence electrons. The summed E-state index contributed by atoms with van der Waals surface area (Å²) in [7, 11) is -0.352. The molecule has 0 atom stereocenters. The summed E-state index contributed by atoms with van der Waals surface area (Å²) in [4.78, 5) is 4.66. The van der Waals surface area contributed by atoms with Gasteiger partial charge in [0.15, 0.2) is 0 Å². The Morgan fingerprint density at radius 2 is 1.65 bits per heavy atom. The van der Waals surface area contributed by atoms with E-state index >= 15 is 0 Å². The Morgan fingerprint density at radius 1 is 1.10 bits per heavy atom. The van der Waals surface area contributed by atoms with Crippen LogP contribution in [0.2, 0.25) is 0 Å². The second-order valence-electron chi connectivity index (χ2n) is 7.12. The summed E-state index contributed by atoms with van der Waals surface area (Å²) < 4.78 is 12.2. The van der Waals surface area contributed by atoms with Crippen LogP contribution >= 0.6 is 0 Å². The van der Waals surface area contributed by atoms with E-state index in [4.69, 9.17) is 15.0 Å². The van der Waals surface area contributed by atoms with Crippen molar-refractivity contribution in [2.24, 2.45) is 5.73 Å². The molecule has 0 bridgehead atoms. The van der Waals surface area contributed by atoms with E-state index in [1.54, 1.807) is 0 Å². The molecule has 0 aromatic carbocycles. The van der Waals surface area contributed by atoms with Gasteiger partial charge in [0.2, 0.25) is 0 Å². The van der Waals surface area contributed by atoms with Gasteiger partial charge in [-0.2, -0.15) is 0 Å². The minimum atomic E-state index is -0.352. The molecule has 3 rings (SSSR count). The number of pyridine rings is 1. The maximum absolute atomic E-state index is 6.20. The highest BCUT2D eigenvalue weighted by atomic mass is 16.7. The summed E-state index contributed by atoms with van der Waals surface area (Å²) >= 11 is 0. The molecule has 0 unspecified atom stereocenters. The summed E-state index contributed by atoms with van der Waals surface area (Å²) in [5.41, 5.74) is 8.28. The Labute approximate surface area is 121 Å². The van der Waals surface area contributed by atoms with Gasteiger partial charge in [0.25, 0.3) is 0 Å². The van der Waals surface area contributed by atoms with E-state index in [0.29, 0.717) is 0 Å². The van der Waals surface area contributed by atoms with Gasteiger partial charge in [-0.15, -0.1) is 0 Å². The third-order valence-corrected chi connectivity index (χ3v) is 4.93. The van der Waals surface area contributed by atoms with Crippen LogP contribution in [0, 0.1) is 6.92 Å². The van der Waals surface area contributed by atoms with Crippen molar-refractivity contribution in [1.82, 2.24) is 4.98 Å². The zero-order chi connectivity index (χ0) is 14.8. The molecule has 1 aliphatic heterocycles. The van der Waals surface area contributed by atoms with Crippen molar-refractivity contribution in [3.05, 3.63) is 23.5 Å². The van der Waals surface area contributed by atoms with E-state index in [2.05, 4.69) is 32.7 Å². The van der Waals surface area contributed by atoms with Crippen LogP contribution in [0.15, 0.2) is 12.1 Å². The summed E-state index contributed by atoms with van der Waals surface area (Å²) in [6.45, 7) is 10.2. The molecule has 0 radical (unpaired) electrons. The maximum atomic E-state index is 6.20. The van der Waals surface area contributed by atoms with Crippen LogP contribution < -0.4 is 11.2 Å². The molecular weight excluding hydrogens is 251 g/mol. The van der Waals surface area contributed by atoms with Crippen molar-refractivity contribution in [2.75, 3.05) is 0 Å². The van der Waals surface area contributed by atoms with Gasteiger partial charge < -0.3 is 15.0 Å². The van der Waals surface area contributed by atoms with Gasteiger partial charge in [0, 0.05) is 11.2 Å². The lowest BCUT2D eigenvalue weighted by atomic mass is 9.77. The second-order valence-corrected chi connectivity index (χ2v) is 7.12. The lowest BCUT2D eigenvalue weighted by Gasteiger charge is -2.32. The zero-order valence-corrected chi connectivity index (χ0v) is 13.0. The fourth-order valence-electron chi connectivity index (χ4n) is 2.46. The van der Waals surface area contributed by atoms with Crippen LogP contribution in [-0.2, 0) is 14.8 Å². The van der Waals surface area contributed by atoms with Crippen molar-refractivity contribution < 1.29 is 9.31 Å². The van der Waals surface area contributed by atoms with Gasteiger partial charge in [-0.1, -0.05) is 6.07 Å². The molecule has 20 heavy (non-hydrogen) atoms. The molecule has 1 saturated carbocycles. The van der Waals surface area contributed by atoms with Crippen LogP contribution in [0.1, 0.15) is 51.9 Å². The molecule has 1 aromatic rings. The number of hydrogen-bond acceptors (Lipinski definition) is 4. The summed E-state index contributed by atoms with van der Waals surface area (Å²) in [5, 5.41) is 0. The van der Waals surface area contributed by atoms with Gasteiger partial charge in [-0.05, 0) is 53.5 Å². The highest BCUT2D eigenvalue weighted by molar-refractivity contribution is 6.62. The topological polar surface area (TPSA) is 57.4 Å². The van der Waals surface area contributed by atoms with Crippen molar-refractivity contribution in [1.29, 1.82) is 0 Å². The quantitative estimate of drug-likeness (QED) is 0.833. The predicted molar refractivity (Wildman–Crippen MR) is 79.8 cm³/mol. The van der Waals surface area contributed by atoms with E-state index in [9.17, 15) is 0 Å². The minimum absolute atomic E-state index is 0.195. The fourth-order valence-corrected chi connectivity index (χ4v) is 2.46. The lowest BCUT2D eigenvalue weighted by molar-refractivity contribution is 0.00578. The van der Waals surface area contributed by atoms with E-state index in [0.717, 1.165) is 29.7 Å². The number of rotatable bonds is 2. The average molecular weight is 274 g/mol. The Bertz CT molecular complexity index is 537. The van der Waals surface area contributed by atoms with Crippen LogP contribution in [-0.4, -0.2) is 23.3 Å². The molecule has 2 fully saturated rings. The third-order valence-electron chi connectivity index (χ3n) is 4.93. The molecule has 0 spiro atoms. The van der Waals surface area contributed by atoms with Gasteiger partial charge in [0.1, 0.15) is 0 Å². The zero-order valence-electron chi connectivity index (χ0n) is 13.0. The molecule has 4 nitrogen and oxygen atoms in total. The Balaban J connectivity index is 1.89. The normalized spacial score (nSPS) is 25.8. The first-order valence-electron chi connectivity index (χ1n) is 7.27. The van der Waals surface area contributed by atoms with E-state index < -0.39 is 0 Å². The number of aryl methyl sites for hydroxylation is 1. The summed E-state index contributed by atoms with van der Waals surface area (Å²) in [5.74, 6) is 0. The summed E-state index contributed by atoms with van der Waals surface area (Å²) in [6, 6.07) is 4.06. The minimum Gasteiger partial charge on any atom is -0.399 e. The summed E-state index contributed by atoms with van der Waals surface area (Å²) in [6.07, 6.45) is 2.05. The number of hydrogen-bond donors (Lipinski definition) is 1. The SMILES string of the molecule is Cc1nc(C2(N)CC2)ccc1B1OC(C)(C)C(C)(C)O1. The monoisotopic (exact) mass is 274 g/mol. The second kappa shape index (κ2) is 4.06. The van der Waals surface area contributed by atoms with Crippen LogP contribution in [0.3, 0.4) is 0 Å². The van der Waals surface area contributed by atoms with E-state index in [1.807, 2.05) is 19.1 Å². The number of nitrogens with two attached hydrogens (primary N) is 1. The van der Waals surface area contributed by atoms with Gasteiger partial charge in [-0.3, -0.25) is 4.98 Å². The fraction of sp³-hybridized carbons (Fsp3) is 0.667. The molecular formula is C15H23BN2O2. The van der Waals surface area contributed by atoms with Crippen LogP contribution in [0.25, 0.3) is 0 Å². The first-order chi connectivity index (χ1) is 9.15. The Kier molecular flexibility index (Phi) is 2.85. The Hall–Kier alpha value is -0.905. The van der Waals surface area contributed by atoms with Gasteiger partial charge >= 0.3 is 7.12 Å². The van der Waals surface area contributed by atoms with Crippen LogP contribution in [0.4, 0.5) is 0 Å². The average Bonchev–Trinajstić information content (AvgIpc) is 3.01. The Morgan fingerprint density at radius 3 is 2.10 bits per heavy atom. The molecule has 1 aliphatic carbocycles. The van der Waals surface area contributed by atoms with Crippen molar-refractivity contribution in [3.8, 4) is 0 Å². The molecule has 1 aromatic heterocycles. The van der Waals surface area contributed by atoms with E-state index in [-0.39, 0.29) is 23.9 Å². The van der Waals surface area contributed by atoms with Crippen molar-refractivity contribution in [3.63, 3.8) is 0 Å². The third kappa shape index (κ3) is 2.08. The van der Waals surface area contributed by atoms with Gasteiger partial charge in [0.05, 0.1) is 22.4 Å². The maximum Gasteiger partial charge on any atom is 0.496 e. The molecule has 2 N–H and O–H groups in total. The smallest absolute Gasteiger partial charge is 0.399 e. The first kappa shape index (κ1) is 14.0. The molecule has 5 heteroatoms. The molecule has 1 saturated heterocycles. The first-order valence-corrected chi connectivity index (χ1v) is 7.27. The highest BCUT2D eigenvalue weighted by Gasteiger charge is 2.52. The highest BCUT2D eigenvalue weighted by Crippen LogP contribution is 2.41.